The first kappa shape index (κ1) is 21.2. The molecule has 32 heavy (non-hydrogen) atoms. The van der Waals surface area contributed by atoms with Crippen molar-refractivity contribution in [2.45, 2.75) is 13.5 Å². The minimum atomic E-state index is -1.16. The van der Waals surface area contributed by atoms with Crippen LogP contribution in [0.15, 0.2) is 67.0 Å². The molecule has 0 radical (unpaired) electrons. The number of nitrogens with zero attached hydrogens (tertiary/aromatic N) is 2. The number of carbonyl (C=O) groups is 2. The zero-order chi connectivity index (χ0) is 22.7. The molecular formula is C23H20ClN5O3. The Morgan fingerprint density at radius 1 is 1.06 bits per heavy atom. The highest BCUT2D eigenvalue weighted by molar-refractivity contribution is 6.31. The molecule has 4 aromatic rings. The lowest BCUT2D eigenvalue weighted by molar-refractivity contribution is 0.209. The molecule has 0 aliphatic carbocycles. The zero-order valence-corrected chi connectivity index (χ0v) is 17.8. The normalized spacial score (nSPS) is 10.7. The molecule has 3 amide bonds. The van der Waals surface area contributed by atoms with Crippen molar-refractivity contribution in [3.05, 3.63) is 83.1 Å². The number of fused-ring (bicyclic) bond motifs is 1. The van der Waals surface area contributed by atoms with Gasteiger partial charge in [-0.05, 0) is 60.5 Å². The molecule has 9 heteroatoms. The van der Waals surface area contributed by atoms with Gasteiger partial charge in [-0.15, -0.1) is 0 Å². The number of hydrogen-bond donors (Lipinski definition) is 4. The maximum Gasteiger partial charge on any atom is 0.410 e. The summed E-state index contributed by atoms with van der Waals surface area (Å²) in [6, 6.07) is 16.0. The number of aromatic nitrogens is 2. The van der Waals surface area contributed by atoms with Crippen molar-refractivity contribution in [1.29, 1.82) is 0 Å². The van der Waals surface area contributed by atoms with E-state index in [0.29, 0.717) is 22.9 Å². The van der Waals surface area contributed by atoms with Crippen molar-refractivity contribution < 1.29 is 14.7 Å². The first-order valence-corrected chi connectivity index (χ1v) is 10.1. The highest BCUT2D eigenvalue weighted by Gasteiger charge is 2.10. The van der Waals surface area contributed by atoms with Gasteiger partial charge in [0.05, 0.1) is 11.2 Å². The van der Waals surface area contributed by atoms with Crippen molar-refractivity contribution in [2.24, 2.45) is 0 Å². The van der Waals surface area contributed by atoms with Gasteiger partial charge >= 0.3 is 12.1 Å². The SMILES string of the molecule is Cc1ccc(NC(=O)Nc2cccc3c2ccn3Cc2ccnc(NC(=O)O)c2)cc1Cl. The summed E-state index contributed by atoms with van der Waals surface area (Å²) >= 11 is 6.13. The number of carbonyl (C=O) groups excluding carboxylic acids is 1. The third-order valence-electron chi connectivity index (χ3n) is 4.90. The Morgan fingerprint density at radius 2 is 1.91 bits per heavy atom. The molecule has 162 valence electrons. The molecule has 8 nitrogen and oxygen atoms in total. The summed E-state index contributed by atoms with van der Waals surface area (Å²) in [6.45, 7) is 2.41. The number of benzene rings is 2. The molecule has 0 atom stereocenters. The van der Waals surface area contributed by atoms with Gasteiger partial charge in [-0.1, -0.05) is 23.7 Å². The molecule has 0 aliphatic heterocycles. The highest BCUT2D eigenvalue weighted by Crippen LogP contribution is 2.26. The number of urea groups is 1. The second-order valence-corrected chi connectivity index (χ2v) is 7.61. The van der Waals surface area contributed by atoms with Gasteiger partial charge in [-0.3, -0.25) is 5.32 Å². The number of anilines is 3. The predicted molar refractivity (Wildman–Crippen MR) is 126 cm³/mol. The second-order valence-electron chi connectivity index (χ2n) is 7.20. The first-order chi connectivity index (χ1) is 15.4. The van der Waals surface area contributed by atoms with Crippen molar-refractivity contribution in [3.8, 4) is 0 Å². The van der Waals surface area contributed by atoms with Crippen molar-refractivity contribution in [1.82, 2.24) is 9.55 Å². The molecule has 0 spiro atoms. The number of rotatable bonds is 5. The lowest BCUT2D eigenvalue weighted by Crippen LogP contribution is -2.19. The molecule has 0 saturated heterocycles. The van der Waals surface area contributed by atoms with Crippen LogP contribution < -0.4 is 16.0 Å². The van der Waals surface area contributed by atoms with Gasteiger partial charge in [0.15, 0.2) is 0 Å². The van der Waals surface area contributed by atoms with Crippen LogP contribution in [0, 0.1) is 6.92 Å². The molecule has 4 N–H and O–H groups in total. The van der Waals surface area contributed by atoms with E-state index in [0.717, 1.165) is 22.0 Å². The van der Waals surface area contributed by atoms with Crippen LogP contribution in [0.5, 0.6) is 0 Å². The summed E-state index contributed by atoms with van der Waals surface area (Å²) in [7, 11) is 0. The topological polar surface area (TPSA) is 108 Å². The Hall–Kier alpha value is -4.04. The second kappa shape index (κ2) is 8.99. The number of nitrogens with one attached hydrogen (secondary N) is 3. The van der Waals surface area contributed by atoms with Crippen LogP contribution in [0.1, 0.15) is 11.1 Å². The van der Waals surface area contributed by atoms with Crippen LogP contribution >= 0.6 is 11.6 Å². The van der Waals surface area contributed by atoms with E-state index in [1.165, 1.54) is 0 Å². The molecule has 0 unspecified atom stereocenters. The van der Waals surface area contributed by atoms with E-state index in [1.54, 1.807) is 24.4 Å². The Labute approximate surface area is 188 Å². The van der Waals surface area contributed by atoms with Gasteiger partial charge in [0, 0.05) is 35.0 Å². The Bertz CT molecular complexity index is 1320. The number of aryl methyl sites for hydroxylation is 1. The maximum absolute atomic E-state index is 12.5. The third kappa shape index (κ3) is 4.81. The summed E-state index contributed by atoms with van der Waals surface area (Å²) in [4.78, 5) is 27.4. The summed E-state index contributed by atoms with van der Waals surface area (Å²) in [5, 5.41) is 18.3. The summed E-state index contributed by atoms with van der Waals surface area (Å²) in [5.74, 6) is 0.265. The fourth-order valence-corrected chi connectivity index (χ4v) is 3.55. The Kier molecular flexibility index (Phi) is 5.96. The average Bonchev–Trinajstić information content (AvgIpc) is 3.14. The molecule has 0 bridgehead atoms. The Morgan fingerprint density at radius 3 is 2.69 bits per heavy atom. The van der Waals surface area contributed by atoms with Gasteiger partial charge in [0.1, 0.15) is 5.82 Å². The largest absolute Gasteiger partial charge is 0.465 e. The summed E-state index contributed by atoms with van der Waals surface area (Å²) < 4.78 is 2.01. The van der Waals surface area contributed by atoms with Gasteiger partial charge in [-0.25, -0.2) is 14.6 Å². The van der Waals surface area contributed by atoms with E-state index in [1.807, 2.05) is 54.1 Å². The number of halogens is 1. The fourth-order valence-electron chi connectivity index (χ4n) is 3.37. The number of amides is 3. The van der Waals surface area contributed by atoms with Crippen LogP contribution in [0.3, 0.4) is 0 Å². The van der Waals surface area contributed by atoms with E-state index in [2.05, 4.69) is 20.9 Å². The number of carboxylic acid groups (broad SMARTS) is 1. The smallest absolute Gasteiger partial charge is 0.410 e. The van der Waals surface area contributed by atoms with Crippen LogP contribution in [-0.4, -0.2) is 26.8 Å². The fraction of sp³-hybridized carbons (Fsp3) is 0.0870. The summed E-state index contributed by atoms with van der Waals surface area (Å²) in [5.41, 5.74) is 4.01. The maximum atomic E-state index is 12.5. The number of pyridine rings is 1. The van der Waals surface area contributed by atoms with Gasteiger partial charge < -0.3 is 20.3 Å². The quantitative estimate of drug-likeness (QED) is 0.309. The van der Waals surface area contributed by atoms with Gasteiger partial charge in [0.25, 0.3) is 0 Å². The van der Waals surface area contributed by atoms with Crippen molar-refractivity contribution in [2.75, 3.05) is 16.0 Å². The average molecular weight is 450 g/mol. The van der Waals surface area contributed by atoms with Crippen LogP contribution in [0.2, 0.25) is 5.02 Å². The number of hydrogen-bond acceptors (Lipinski definition) is 3. The minimum absolute atomic E-state index is 0.265. The monoisotopic (exact) mass is 449 g/mol. The standard InChI is InChI=1S/C23H20ClN5O3/c1-14-5-6-16(12-18(14)24)26-22(30)27-19-3-2-4-20-17(19)8-10-29(20)13-15-7-9-25-21(11-15)28-23(31)32/h2-12H,13H2,1H3,(H,25,28)(H,31,32)(H2,26,27,30). The van der Waals surface area contributed by atoms with Crippen LogP contribution in [0.25, 0.3) is 10.9 Å². The third-order valence-corrected chi connectivity index (χ3v) is 5.31. The summed E-state index contributed by atoms with van der Waals surface area (Å²) in [6.07, 6.45) is 2.31. The minimum Gasteiger partial charge on any atom is -0.465 e. The van der Waals surface area contributed by atoms with Crippen molar-refractivity contribution in [3.63, 3.8) is 0 Å². The predicted octanol–water partition coefficient (Wildman–Crippen LogP) is 5.78. The molecule has 2 heterocycles. The van der Waals surface area contributed by atoms with Gasteiger partial charge in [0.2, 0.25) is 0 Å². The zero-order valence-electron chi connectivity index (χ0n) is 17.1. The van der Waals surface area contributed by atoms with Crippen LogP contribution in [-0.2, 0) is 6.54 Å². The van der Waals surface area contributed by atoms with E-state index < -0.39 is 6.09 Å². The molecule has 4 rings (SSSR count). The van der Waals surface area contributed by atoms with E-state index in [9.17, 15) is 9.59 Å². The van der Waals surface area contributed by atoms with E-state index in [-0.39, 0.29) is 11.8 Å². The lowest BCUT2D eigenvalue weighted by Gasteiger charge is -2.11. The van der Waals surface area contributed by atoms with Crippen molar-refractivity contribution >= 4 is 51.8 Å². The molecule has 0 aliphatic rings. The van der Waals surface area contributed by atoms with Crippen LogP contribution in [0.4, 0.5) is 26.8 Å². The van der Waals surface area contributed by atoms with E-state index >= 15 is 0 Å². The highest BCUT2D eigenvalue weighted by atomic mass is 35.5. The molecule has 0 fully saturated rings. The molecule has 0 saturated carbocycles. The van der Waals surface area contributed by atoms with Gasteiger partial charge in [-0.2, -0.15) is 0 Å². The Balaban J connectivity index is 1.52. The van der Waals surface area contributed by atoms with E-state index in [4.69, 9.17) is 16.7 Å². The molecule has 2 aromatic carbocycles. The molecule has 2 aromatic heterocycles. The molecular weight excluding hydrogens is 430 g/mol. The lowest BCUT2D eigenvalue weighted by atomic mass is 10.2. The first-order valence-electron chi connectivity index (χ1n) is 9.76.